The normalized spacial score (nSPS) is 11.2. The second kappa shape index (κ2) is 6.13. The molecule has 2 rings (SSSR count). The maximum Gasteiger partial charge on any atom is 0.332 e. The minimum absolute atomic E-state index is 0.0841. The van der Waals surface area contributed by atoms with E-state index in [4.69, 9.17) is 5.11 Å². The topological polar surface area (TPSA) is 94.1 Å². The van der Waals surface area contributed by atoms with Crippen LogP contribution in [0.4, 0.5) is 5.95 Å². The molecule has 0 unspecified atom stereocenters. The van der Waals surface area contributed by atoms with Crippen LogP contribution in [0.1, 0.15) is 20.3 Å². The van der Waals surface area contributed by atoms with E-state index in [-0.39, 0.29) is 17.9 Å². The molecule has 0 bridgehead atoms. The van der Waals surface area contributed by atoms with Crippen molar-refractivity contribution in [3.05, 3.63) is 20.8 Å². The van der Waals surface area contributed by atoms with E-state index in [0.29, 0.717) is 43.2 Å². The quantitative estimate of drug-likeness (QED) is 0.716. The summed E-state index contributed by atoms with van der Waals surface area (Å²) >= 11 is 0. The lowest BCUT2D eigenvalue weighted by Gasteiger charge is -2.08. The third-order valence-electron chi connectivity index (χ3n) is 3.48. The fourth-order valence-corrected chi connectivity index (χ4v) is 2.36. The summed E-state index contributed by atoms with van der Waals surface area (Å²) in [6.07, 6.45) is 0.589. The summed E-state index contributed by atoms with van der Waals surface area (Å²) in [6.45, 7) is 5.40. The lowest BCUT2D eigenvalue weighted by Crippen LogP contribution is -2.38. The van der Waals surface area contributed by atoms with Crippen LogP contribution >= 0.6 is 0 Å². The van der Waals surface area contributed by atoms with Crippen LogP contribution in [0.15, 0.2) is 9.59 Å². The third kappa shape index (κ3) is 2.46. The van der Waals surface area contributed by atoms with E-state index in [9.17, 15) is 9.59 Å². The highest BCUT2D eigenvalue weighted by atomic mass is 16.3. The number of aliphatic hydroxyl groups excluding tert-OH is 1. The molecular weight excluding hydrogens is 274 g/mol. The van der Waals surface area contributed by atoms with Gasteiger partial charge in [-0.05, 0) is 20.3 Å². The Morgan fingerprint density at radius 3 is 2.43 bits per heavy atom. The van der Waals surface area contributed by atoms with Crippen molar-refractivity contribution >= 4 is 17.1 Å². The first-order chi connectivity index (χ1) is 10.1. The molecule has 0 aliphatic carbocycles. The van der Waals surface area contributed by atoms with Crippen LogP contribution in [0.5, 0.6) is 0 Å². The van der Waals surface area contributed by atoms with Crippen molar-refractivity contribution in [2.24, 2.45) is 7.05 Å². The molecule has 2 N–H and O–H groups in total. The highest BCUT2D eigenvalue weighted by Gasteiger charge is 2.18. The summed E-state index contributed by atoms with van der Waals surface area (Å²) in [7, 11) is 1.47. The predicted octanol–water partition coefficient (Wildman–Crippen LogP) is -0.269. The molecule has 0 atom stereocenters. The Hall–Kier alpha value is -2.09. The second-order valence-corrected chi connectivity index (χ2v) is 4.75. The molecule has 0 aliphatic rings. The van der Waals surface area contributed by atoms with Gasteiger partial charge in [-0.15, -0.1) is 0 Å². The molecule has 0 saturated carbocycles. The van der Waals surface area contributed by atoms with Crippen LogP contribution in [0.25, 0.3) is 11.2 Å². The SMILES string of the molecule is CCn1c(NCCCO)nc2c1c(=O)n(C)c(=O)n2CC. The van der Waals surface area contributed by atoms with Crippen molar-refractivity contribution in [1.29, 1.82) is 0 Å². The smallest absolute Gasteiger partial charge is 0.332 e. The number of fused-ring (bicyclic) bond motifs is 1. The average molecular weight is 295 g/mol. The number of rotatable bonds is 6. The first-order valence-corrected chi connectivity index (χ1v) is 7.11. The average Bonchev–Trinajstić information content (AvgIpc) is 2.84. The van der Waals surface area contributed by atoms with Gasteiger partial charge in [-0.2, -0.15) is 4.98 Å². The fraction of sp³-hybridized carbons (Fsp3) is 0.615. The van der Waals surface area contributed by atoms with Gasteiger partial charge in [0.25, 0.3) is 5.56 Å². The van der Waals surface area contributed by atoms with Crippen LogP contribution in [0.3, 0.4) is 0 Å². The third-order valence-corrected chi connectivity index (χ3v) is 3.48. The Morgan fingerprint density at radius 2 is 1.86 bits per heavy atom. The first kappa shape index (κ1) is 15.3. The van der Waals surface area contributed by atoms with Crippen molar-refractivity contribution in [3.8, 4) is 0 Å². The molecule has 2 heterocycles. The van der Waals surface area contributed by atoms with Gasteiger partial charge >= 0.3 is 5.69 Å². The van der Waals surface area contributed by atoms with E-state index in [1.54, 1.807) is 4.57 Å². The van der Waals surface area contributed by atoms with Crippen molar-refractivity contribution < 1.29 is 5.11 Å². The maximum absolute atomic E-state index is 12.4. The van der Waals surface area contributed by atoms with Gasteiger partial charge in [-0.3, -0.25) is 13.9 Å². The van der Waals surface area contributed by atoms with Crippen molar-refractivity contribution in [2.75, 3.05) is 18.5 Å². The van der Waals surface area contributed by atoms with Gasteiger partial charge in [0.1, 0.15) is 0 Å². The zero-order chi connectivity index (χ0) is 15.6. The van der Waals surface area contributed by atoms with Crippen LogP contribution < -0.4 is 16.6 Å². The molecule has 21 heavy (non-hydrogen) atoms. The Balaban J connectivity index is 2.72. The highest BCUT2D eigenvalue weighted by molar-refractivity contribution is 5.74. The monoisotopic (exact) mass is 295 g/mol. The number of imidazole rings is 1. The number of anilines is 1. The molecule has 0 fully saturated rings. The largest absolute Gasteiger partial charge is 0.396 e. The van der Waals surface area contributed by atoms with E-state index >= 15 is 0 Å². The number of aryl methyl sites for hydroxylation is 2. The second-order valence-electron chi connectivity index (χ2n) is 4.75. The summed E-state index contributed by atoms with van der Waals surface area (Å²) in [5.74, 6) is 0.547. The van der Waals surface area contributed by atoms with Crippen LogP contribution in [0.2, 0.25) is 0 Å². The molecule has 0 radical (unpaired) electrons. The van der Waals surface area contributed by atoms with Crippen LogP contribution in [-0.2, 0) is 20.1 Å². The van der Waals surface area contributed by atoms with E-state index in [2.05, 4.69) is 10.3 Å². The standard InChI is InChI=1S/C13H21N5O3/c1-4-17-9-10(15-12(17)14-7-6-8-19)18(5-2)13(21)16(3)11(9)20/h19H,4-8H2,1-3H3,(H,14,15). The zero-order valence-electron chi connectivity index (χ0n) is 12.6. The Morgan fingerprint density at radius 1 is 1.19 bits per heavy atom. The van der Waals surface area contributed by atoms with E-state index in [1.807, 2.05) is 13.8 Å². The first-order valence-electron chi connectivity index (χ1n) is 7.11. The van der Waals surface area contributed by atoms with E-state index < -0.39 is 0 Å². The Kier molecular flexibility index (Phi) is 4.46. The summed E-state index contributed by atoms with van der Waals surface area (Å²) in [5, 5.41) is 11.9. The molecule has 0 spiro atoms. The van der Waals surface area contributed by atoms with Gasteiger partial charge in [0, 0.05) is 33.3 Å². The van der Waals surface area contributed by atoms with E-state index in [0.717, 1.165) is 4.57 Å². The number of hydrogen-bond donors (Lipinski definition) is 2. The molecule has 2 aromatic heterocycles. The minimum Gasteiger partial charge on any atom is -0.396 e. The fourth-order valence-electron chi connectivity index (χ4n) is 2.36. The summed E-state index contributed by atoms with van der Waals surface area (Å²) in [5.41, 5.74) is 0.119. The van der Waals surface area contributed by atoms with Gasteiger partial charge in [-0.1, -0.05) is 0 Å². The number of aliphatic hydroxyl groups is 1. The van der Waals surface area contributed by atoms with E-state index in [1.165, 1.54) is 11.6 Å². The lowest BCUT2D eigenvalue weighted by molar-refractivity contribution is 0.292. The lowest BCUT2D eigenvalue weighted by atomic mass is 10.4. The number of nitrogens with zero attached hydrogens (tertiary/aromatic N) is 4. The van der Waals surface area contributed by atoms with Crippen LogP contribution in [-0.4, -0.2) is 36.9 Å². The summed E-state index contributed by atoms with van der Waals surface area (Å²) < 4.78 is 4.36. The molecule has 8 heteroatoms. The van der Waals surface area contributed by atoms with Gasteiger partial charge in [-0.25, -0.2) is 4.79 Å². The summed E-state index contributed by atoms with van der Waals surface area (Å²) in [4.78, 5) is 28.9. The van der Waals surface area contributed by atoms with Crippen molar-refractivity contribution in [3.63, 3.8) is 0 Å². The molecule has 0 amide bonds. The molecule has 2 aromatic rings. The Bertz CT molecular complexity index is 756. The van der Waals surface area contributed by atoms with Crippen molar-refractivity contribution in [1.82, 2.24) is 18.7 Å². The van der Waals surface area contributed by atoms with Crippen LogP contribution in [0, 0.1) is 0 Å². The molecule has 8 nitrogen and oxygen atoms in total. The predicted molar refractivity (Wildman–Crippen MR) is 80.8 cm³/mol. The molecule has 116 valence electrons. The van der Waals surface area contributed by atoms with Crippen molar-refractivity contribution in [2.45, 2.75) is 33.4 Å². The number of nitrogens with one attached hydrogen (secondary N) is 1. The van der Waals surface area contributed by atoms with Gasteiger partial charge in [0.05, 0.1) is 0 Å². The maximum atomic E-state index is 12.4. The summed E-state index contributed by atoms with van der Waals surface area (Å²) in [6, 6.07) is 0. The minimum atomic E-state index is -0.363. The highest BCUT2D eigenvalue weighted by Crippen LogP contribution is 2.15. The number of aromatic nitrogens is 4. The molecule has 0 aliphatic heterocycles. The van der Waals surface area contributed by atoms with Gasteiger partial charge < -0.3 is 15.0 Å². The molecule has 0 saturated heterocycles. The number of hydrogen-bond acceptors (Lipinski definition) is 5. The zero-order valence-corrected chi connectivity index (χ0v) is 12.6. The van der Waals surface area contributed by atoms with Gasteiger partial charge in [0.15, 0.2) is 11.2 Å². The molecule has 0 aromatic carbocycles. The molecular formula is C13H21N5O3. The Labute approximate surface area is 121 Å². The van der Waals surface area contributed by atoms with Gasteiger partial charge in [0.2, 0.25) is 5.95 Å².